The maximum Gasteiger partial charge on any atom is 0.194 e. The van der Waals surface area contributed by atoms with Gasteiger partial charge in [-0.2, -0.15) is 0 Å². The number of ether oxygens (including phenoxy) is 3. The summed E-state index contributed by atoms with van der Waals surface area (Å²) in [5.74, 6) is 1.93. The Labute approximate surface area is 186 Å². The summed E-state index contributed by atoms with van der Waals surface area (Å²) in [6.07, 6.45) is 5.08. The molecule has 0 bridgehead atoms. The lowest BCUT2D eigenvalue weighted by Crippen LogP contribution is -2.53. The van der Waals surface area contributed by atoms with Crippen molar-refractivity contribution in [2.45, 2.75) is 50.9 Å². The first-order valence-corrected chi connectivity index (χ1v) is 11.9. The Morgan fingerprint density at radius 1 is 1.13 bits per heavy atom. The van der Waals surface area contributed by atoms with E-state index >= 15 is 0 Å². The molecule has 0 aromatic heterocycles. The van der Waals surface area contributed by atoms with Crippen LogP contribution in [0, 0.1) is 0 Å². The number of rotatable bonds is 7. The molecule has 7 heteroatoms. The first kappa shape index (κ1) is 22.4. The largest absolute Gasteiger partial charge is 0.496 e. The van der Waals surface area contributed by atoms with Crippen LogP contribution < -0.4 is 10.1 Å². The highest BCUT2D eigenvalue weighted by Gasteiger charge is 2.32. The topological polar surface area (TPSA) is 58.6 Å². The highest BCUT2D eigenvalue weighted by Crippen LogP contribution is 2.32. The quantitative estimate of drug-likeness (QED) is 0.530. The van der Waals surface area contributed by atoms with Crippen LogP contribution in [0.15, 0.2) is 29.3 Å². The lowest BCUT2D eigenvalue weighted by molar-refractivity contribution is -0.0817. The second-order valence-corrected chi connectivity index (χ2v) is 8.60. The molecule has 0 aliphatic carbocycles. The van der Waals surface area contributed by atoms with Crippen molar-refractivity contribution in [1.82, 2.24) is 15.1 Å². The molecule has 1 N–H and O–H groups in total. The zero-order valence-electron chi connectivity index (χ0n) is 19.1. The van der Waals surface area contributed by atoms with Gasteiger partial charge in [0.15, 0.2) is 5.96 Å². The summed E-state index contributed by atoms with van der Waals surface area (Å²) in [5.41, 5.74) is 1.23. The Balaban J connectivity index is 1.51. The fourth-order valence-corrected chi connectivity index (χ4v) is 4.99. The summed E-state index contributed by atoms with van der Waals surface area (Å²) in [7, 11) is 1.76. The van der Waals surface area contributed by atoms with Gasteiger partial charge < -0.3 is 24.4 Å². The molecular formula is C24H38N4O3. The van der Waals surface area contributed by atoms with Crippen LogP contribution in [0.5, 0.6) is 5.75 Å². The minimum absolute atomic E-state index is 0.128. The molecule has 0 saturated carbocycles. The van der Waals surface area contributed by atoms with Crippen molar-refractivity contribution in [3.8, 4) is 5.75 Å². The zero-order valence-corrected chi connectivity index (χ0v) is 19.1. The first-order chi connectivity index (χ1) is 15.3. The van der Waals surface area contributed by atoms with Gasteiger partial charge in [0, 0.05) is 31.8 Å². The van der Waals surface area contributed by atoms with Gasteiger partial charge in [0.25, 0.3) is 0 Å². The number of para-hydroxylation sites is 1. The number of benzene rings is 1. The second kappa shape index (κ2) is 11.2. The third-order valence-electron chi connectivity index (χ3n) is 6.60. The maximum absolute atomic E-state index is 6.05. The molecule has 0 amide bonds. The number of guanidine groups is 1. The molecule has 1 aromatic rings. The SMILES string of the molecule is CCNC(=NCC(c1ccccc1OC)N1CCCC1)N1CCOC(C2CCCO2)C1. The Morgan fingerprint density at radius 3 is 2.68 bits per heavy atom. The summed E-state index contributed by atoms with van der Waals surface area (Å²) in [6.45, 7) is 9.20. The maximum atomic E-state index is 6.05. The number of nitrogens with one attached hydrogen (secondary N) is 1. The molecule has 3 fully saturated rings. The molecule has 0 radical (unpaired) electrons. The molecule has 3 aliphatic rings. The van der Waals surface area contributed by atoms with E-state index in [1.54, 1.807) is 7.11 Å². The highest BCUT2D eigenvalue weighted by molar-refractivity contribution is 5.80. The summed E-state index contributed by atoms with van der Waals surface area (Å²) in [6, 6.07) is 8.61. The van der Waals surface area contributed by atoms with E-state index in [9.17, 15) is 0 Å². The third-order valence-corrected chi connectivity index (χ3v) is 6.60. The van der Waals surface area contributed by atoms with Crippen LogP contribution in [0.1, 0.15) is 44.2 Å². The normalized spacial score (nSPS) is 26.3. The number of methoxy groups -OCH3 is 1. The van der Waals surface area contributed by atoms with E-state index in [1.807, 2.05) is 6.07 Å². The summed E-state index contributed by atoms with van der Waals surface area (Å²) in [4.78, 5) is 10.0. The van der Waals surface area contributed by atoms with Crippen molar-refractivity contribution in [2.24, 2.45) is 4.99 Å². The average Bonchev–Trinajstić information content (AvgIpc) is 3.54. The number of hydrogen-bond donors (Lipinski definition) is 1. The van der Waals surface area contributed by atoms with E-state index in [0.29, 0.717) is 6.54 Å². The zero-order chi connectivity index (χ0) is 21.5. The lowest BCUT2D eigenvalue weighted by atomic mass is 10.0. The molecule has 31 heavy (non-hydrogen) atoms. The van der Waals surface area contributed by atoms with E-state index in [0.717, 1.165) is 70.5 Å². The van der Waals surface area contributed by atoms with Crippen molar-refractivity contribution in [3.63, 3.8) is 0 Å². The number of aliphatic imine (C=N–C) groups is 1. The van der Waals surface area contributed by atoms with Crippen LogP contribution in [0.25, 0.3) is 0 Å². The van der Waals surface area contributed by atoms with Crippen molar-refractivity contribution >= 4 is 5.96 Å². The van der Waals surface area contributed by atoms with Crippen LogP contribution in [-0.2, 0) is 9.47 Å². The molecule has 7 nitrogen and oxygen atoms in total. The van der Waals surface area contributed by atoms with E-state index in [-0.39, 0.29) is 18.2 Å². The number of likely N-dealkylation sites (tertiary alicyclic amines) is 1. The summed E-state index contributed by atoms with van der Waals surface area (Å²) < 4.78 is 17.6. The number of nitrogens with zero attached hydrogens (tertiary/aromatic N) is 3. The minimum Gasteiger partial charge on any atom is -0.496 e. The lowest BCUT2D eigenvalue weighted by Gasteiger charge is -2.37. The molecule has 3 atom stereocenters. The van der Waals surface area contributed by atoms with Crippen molar-refractivity contribution in [2.75, 3.05) is 59.6 Å². The standard InChI is InChI=1S/C24H38N4O3/c1-3-25-24(28-14-16-31-23(18-28)22-11-8-15-30-22)26-17-20(27-12-6-7-13-27)19-9-4-5-10-21(19)29-2/h4-5,9-10,20,22-23H,3,6-8,11-18H2,1-2H3,(H,25,26). The van der Waals surface area contributed by atoms with Crippen LogP contribution in [0.2, 0.25) is 0 Å². The van der Waals surface area contributed by atoms with Crippen molar-refractivity contribution in [1.29, 1.82) is 0 Å². The Hall–Kier alpha value is -1.83. The van der Waals surface area contributed by atoms with Gasteiger partial charge in [-0.05, 0) is 51.8 Å². The van der Waals surface area contributed by atoms with Crippen molar-refractivity contribution < 1.29 is 14.2 Å². The van der Waals surface area contributed by atoms with Gasteiger partial charge in [0.1, 0.15) is 11.9 Å². The van der Waals surface area contributed by atoms with Gasteiger partial charge in [-0.25, -0.2) is 0 Å². The first-order valence-electron chi connectivity index (χ1n) is 11.9. The molecule has 0 spiro atoms. The van der Waals surface area contributed by atoms with Gasteiger partial charge in [0.2, 0.25) is 0 Å². The van der Waals surface area contributed by atoms with Gasteiger partial charge in [0.05, 0.1) is 32.4 Å². The molecule has 3 aliphatic heterocycles. The smallest absolute Gasteiger partial charge is 0.194 e. The minimum atomic E-state index is 0.128. The van der Waals surface area contributed by atoms with Crippen LogP contribution in [0.4, 0.5) is 0 Å². The Bertz CT molecular complexity index is 717. The van der Waals surface area contributed by atoms with Gasteiger partial charge in [-0.1, -0.05) is 18.2 Å². The third kappa shape index (κ3) is 5.51. The van der Waals surface area contributed by atoms with E-state index in [4.69, 9.17) is 19.2 Å². The molecule has 3 heterocycles. The molecule has 4 rings (SSSR count). The highest BCUT2D eigenvalue weighted by atomic mass is 16.5. The molecule has 1 aromatic carbocycles. The van der Waals surface area contributed by atoms with Crippen LogP contribution >= 0.6 is 0 Å². The fourth-order valence-electron chi connectivity index (χ4n) is 4.99. The second-order valence-electron chi connectivity index (χ2n) is 8.60. The number of hydrogen-bond acceptors (Lipinski definition) is 5. The van der Waals surface area contributed by atoms with E-state index < -0.39 is 0 Å². The molecule has 3 unspecified atom stereocenters. The molecule has 3 saturated heterocycles. The number of morpholine rings is 1. The van der Waals surface area contributed by atoms with Gasteiger partial charge >= 0.3 is 0 Å². The monoisotopic (exact) mass is 430 g/mol. The fraction of sp³-hybridized carbons (Fsp3) is 0.708. The van der Waals surface area contributed by atoms with Gasteiger partial charge in [-0.3, -0.25) is 9.89 Å². The van der Waals surface area contributed by atoms with Crippen LogP contribution in [0.3, 0.4) is 0 Å². The van der Waals surface area contributed by atoms with Gasteiger partial charge in [-0.15, -0.1) is 0 Å². The average molecular weight is 431 g/mol. The molecule has 172 valence electrons. The predicted octanol–water partition coefficient (Wildman–Crippen LogP) is 2.68. The van der Waals surface area contributed by atoms with Crippen molar-refractivity contribution in [3.05, 3.63) is 29.8 Å². The van der Waals surface area contributed by atoms with Crippen LogP contribution in [-0.4, -0.2) is 87.6 Å². The van der Waals surface area contributed by atoms with E-state index in [1.165, 1.54) is 18.4 Å². The summed E-state index contributed by atoms with van der Waals surface area (Å²) in [5, 5.41) is 3.52. The Kier molecular flexibility index (Phi) is 8.05. The van der Waals surface area contributed by atoms with E-state index in [2.05, 4.69) is 40.2 Å². The predicted molar refractivity (Wildman–Crippen MR) is 123 cm³/mol. The molecular weight excluding hydrogens is 392 g/mol. The Morgan fingerprint density at radius 2 is 1.94 bits per heavy atom. The summed E-state index contributed by atoms with van der Waals surface area (Å²) >= 11 is 0.